The Morgan fingerprint density at radius 3 is 2.47 bits per heavy atom. The number of pyridine rings is 1. The number of hydrogen-bond acceptors (Lipinski definition) is 9. The molecule has 2 N–H and O–H groups in total. The van der Waals surface area contributed by atoms with Gasteiger partial charge in [-0.15, -0.1) is 0 Å². The zero-order chi connectivity index (χ0) is 33.5. The Morgan fingerprint density at radius 2 is 1.77 bits per heavy atom. The third-order valence-electron chi connectivity index (χ3n) is 8.35. The summed E-state index contributed by atoms with van der Waals surface area (Å²) in [6, 6.07) is 16.8. The van der Waals surface area contributed by atoms with Gasteiger partial charge in [0.1, 0.15) is 5.15 Å². The van der Waals surface area contributed by atoms with E-state index < -0.39 is 22.0 Å². The maximum absolute atomic E-state index is 13.7. The van der Waals surface area contributed by atoms with Crippen molar-refractivity contribution < 1.29 is 13.2 Å². The minimum atomic E-state index is -3.84. The van der Waals surface area contributed by atoms with Gasteiger partial charge in [0.15, 0.2) is 5.69 Å². The van der Waals surface area contributed by atoms with Gasteiger partial charge in [0.05, 0.1) is 41.1 Å². The Kier molecular flexibility index (Phi) is 8.77. The zero-order valence-electron chi connectivity index (χ0n) is 26.4. The average Bonchev–Trinajstić information content (AvgIpc) is 3.54. The molecule has 14 heteroatoms. The van der Waals surface area contributed by atoms with Crippen LogP contribution >= 0.6 is 11.6 Å². The highest BCUT2D eigenvalue weighted by atomic mass is 35.5. The predicted octanol–water partition coefficient (Wildman–Crippen LogP) is 4.86. The molecule has 2 aromatic carbocycles. The van der Waals surface area contributed by atoms with Gasteiger partial charge >= 0.3 is 0 Å². The molecule has 244 valence electrons. The molecule has 1 atom stereocenters. The van der Waals surface area contributed by atoms with Crippen molar-refractivity contribution >= 4 is 50.1 Å². The van der Waals surface area contributed by atoms with Crippen LogP contribution in [-0.4, -0.2) is 58.0 Å². The predicted molar refractivity (Wildman–Crippen MR) is 183 cm³/mol. The Balaban J connectivity index is 1.28. The topological polar surface area (TPSA) is 144 Å². The van der Waals surface area contributed by atoms with Crippen molar-refractivity contribution in [3.63, 3.8) is 0 Å². The number of anilines is 2. The summed E-state index contributed by atoms with van der Waals surface area (Å²) in [7, 11) is -2.10. The Morgan fingerprint density at radius 1 is 1.04 bits per heavy atom. The molecule has 12 nitrogen and oxygen atoms in total. The number of sulfonamides is 1. The number of halogens is 1. The van der Waals surface area contributed by atoms with E-state index in [9.17, 15) is 18.0 Å². The fourth-order valence-corrected chi connectivity index (χ4v) is 6.64. The van der Waals surface area contributed by atoms with E-state index in [2.05, 4.69) is 38.6 Å². The highest BCUT2D eigenvalue weighted by Gasteiger charge is 2.26. The standard InChI is InChI=1S/C33H35ClN8O4S/c1-20-16-25(21(2)36-27-10-11-28(34)37-30(27)31(43)39-47(4,45)46)29-26(17-20)32(44)40(3)33(38-29)41-14-12-24(13-15-41)42-19-23(18-35-42)22-8-6-5-7-9-22/h5-11,16-19,21,24,36H,12-15H2,1-4H3,(H,39,43)/t21-/m1/s1. The lowest BCUT2D eigenvalue weighted by Gasteiger charge is -2.33. The van der Waals surface area contributed by atoms with Gasteiger partial charge in [-0.2, -0.15) is 5.10 Å². The largest absolute Gasteiger partial charge is 0.377 e. The normalized spacial score (nSPS) is 14.7. The first-order valence-electron chi connectivity index (χ1n) is 15.2. The van der Waals surface area contributed by atoms with Crippen molar-refractivity contribution in [2.24, 2.45) is 7.05 Å². The summed E-state index contributed by atoms with van der Waals surface area (Å²) in [6.07, 6.45) is 6.55. The molecule has 5 aromatic rings. The zero-order valence-corrected chi connectivity index (χ0v) is 28.0. The monoisotopic (exact) mass is 674 g/mol. The van der Waals surface area contributed by atoms with E-state index in [0.29, 0.717) is 29.9 Å². The lowest BCUT2D eigenvalue weighted by atomic mass is 10.0. The third-order valence-corrected chi connectivity index (χ3v) is 9.12. The Labute approximate surface area is 277 Å². The second-order valence-electron chi connectivity index (χ2n) is 11.9. The van der Waals surface area contributed by atoms with Crippen molar-refractivity contribution in [2.75, 3.05) is 29.6 Å². The minimum absolute atomic E-state index is 0.0330. The number of aryl methyl sites for hydroxylation is 1. The van der Waals surface area contributed by atoms with Crippen LogP contribution in [0.5, 0.6) is 0 Å². The second-order valence-corrected chi connectivity index (χ2v) is 14.1. The van der Waals surface area contributed by atoms with Crippen molar-refractivity contribution in [1.82, 2.24) is 29.0 Å². The minimum Gasteiger partial charge on any atom is -0.377 e. The van der Waals surface area contributed by atoms with E-state index in [1.54, 1.807) is 17.7 Å². The molecule has 6 rings (SSSR count). The van der Waals surface area contributed by atoms with E-state index in [1.807, 2.05) is 59.8 Å². The molecule has 1 aliphatic heterocycles. The summed E-state index contributed by atoms with van der Waals surface area (Å²) in [5, 5.41) is 8.42. The van der Waals surface area contributed by atoms with Crippen LogP contribution in [0, 0.1) is 6.92 Å². The number of piperidine rings is 1. The summed E-state index contributed by atoms with van der Waals surface area (Å²) >= 11 is 6.05. The third kappa shape index (κ3) is 6.86. The lowest BCUT2D eigenvalue weighted by molar-refractivity contribution is 0.0977. The van der Waals surface area contributed by atoms with E-state index >= 15 is 0 Å². The number of hydrogen-bond donors (Lipinski definition) is 2. The summed E-state index contributed by atoms with van der Waals surface area (Å²) in [4.78, 5) is 37.8. The SMILES string of the molecule is Cc1cc([C@@H](C)Nc2ccc(Cl)nc2C(=O)NS(C)(=O)=O)c2nc(N3CCC(n4cc(-c5ccccc5)cn4)CC3)n(C)c(=O)c2c1. The number of carbonyl (C=O) groups is 1. The van der Waals surface area contributed by atoms with E-state index in [1.165, 1.54) is 6.07 Å². The van der Waals surface area contributed by atoms with Gasteiger partial charge in [0, 0.05) is 37.5 Å². The Bertz CT molecular complexity index is 2140. The maximum Gasteiger partial charge on any atom is 0.285 e. The number of nitrogens with one attached hydrogen (secondary N) is 2. The molecule has 0 unspecified atom stereocenters. The maximum atomic E-state index is 13.7. The van der Waals surface area contributed by atoms with Crippen molar-refractivity contribution in [3.8, 4) is 11.1 Å². The molecular weight excluding hydrogens is 640 g/mol. The summed E-state index contributed by atoms with van der Waals surface area (Å²) < 4.78 is 29.1. The molecule has 1 saturated heterocycles. The molecule has 47 heavy (non-hydrogen) atoms. The number of carbonyl (C=O) groups excluding carboxylic acids is 1. The van der Waals surface area contributed by atoms with Gasteiger partial charge < -0.3 is 10.2 Å². The number of benzene rings is 2. The van der Waals surface area contributed by atoms with E-state index in [0.717, 1.165) is 41.4 Å². The fourth-order valence-electron chi connectivity index (χ4n) is 6.05. The average molecular weight is 675 g/mol. The van der Waals surface area contributed by atoms with Gasteiger partial charge in [-0.05, 0) is 56.0 Å². The molecule has 1 amide bonds. The number of fused-ring (bicyclic) bond motifs is 1. The van der Waals surface area contributed by atoms with Crippen LogP contribution < -0.4 is 20.5 Å². The number of rotatable bonds is 8. The molecular formula is C33H35ClN8O4S. The van der Waals surface area contributed by atoms with Gasteiger partial charge in [-0.3, -0.25) is 18.8 Å². The number of nitrogens with zero attached hydrogens (tertiary/aromatic N) is 6. The highest BCUT2D eigenvalue weighted by molar-refractivity contribution is 7.89. The summed E-state index contributed by atoms with van der Waals surface area (Å²) in [6.45, 7) is 5.17. The fraction of sp³-hybridized carbons (Fsp3) is 0.303. The molecule has 1 aliphatic rings. The molecule has 4 heterocycles. The van der Waals surface area contributed by atoms with Crippen molar-refractivity contribution in [3.05, 3.63) is 99.3 Å². The van der Waals surface area contributed by atoms with Crippen LogP contribution in [0.3, 0.4) is 0 Å². The first kappa shape index (κ1) is 32.2. The van der Waals surface area contributed by atoms with Gasteiger partial charge in [0.2, 0.25) is 16.0 Å². The van der Waals surface area contributed by atoms with E-state index in [-0.39, 0.29) is 28.1 Å². The molecule has 0 bridgehead atoms. The Hall–Kier alpha value is -4.75. The van der Waals surface area contributed by atoms with Crippen LogP contribution in [0.25, 0.3) is 22.0 Å². The highest BCUT2D eigenvalue weighted by Crippen LogP contribution is 2.31. The molecule has 3 aromatic heterocycles. The molecule has 0 radical (unpaired) electrons. The molecule has 0 spiro atoms. The van der Waals surface area contributed by atoms with Crippen molar-refractivity contribution in [2.45, 2.75) is 38.8 Å². The van der Waals surface area contributed by atoms with Crippen LogP contribution in [0.15, 0.2) is 71.8 Å². The second kappa shape index (κ2) is 12.8. The first-order chi connectivity index (χ1) is 22.4. The number of amides is 1. The van der Waals surface area contributed by atoms with Crippen LogP contribution in [0.1, 0.15) is 53.5 Å². The van der Waals surface area contributed by atoms with Gasteiger partial charge in [-0.25, -0.2) is 23.1 Å². The van der Waals surface area contributed by atoms with E-state index in [4.69, 9.17) is 16.6 Å². The number of aromatic nitrogens is 5. The molecule has 0 saturated carbocycles. The van der Waals surface area contributed by atoms with Gasteiger partial charge in [0.25, 0.3) is 11.5 Å². The summed E-state index contributed by atoms with van der Waals surface area (Å²) in [5.74, 6) is -0.340. The summed E-state index contributed by atoms with van der Waals surface area (Å²) in [5.41, 5.74) is 4.29. The molecule has 0 aliphatic carbocycles. The van der Waals surface area contributed by atoms with Gasteiger partial charge in [-0.1, -0.05) is 48.0 Å². The van der Waals surface area contributed by atoms with Crippen LogP contribution in [0.4, 0.5) is 11.6 Å². The smallest absolute Gasteiger partial charge is 0.285 e. The van der Waals surface area contributed by atoms with Crippen LogP contribution in [-0.2, 0) is 17.1 Å². The van der Waals surface area contributed by atoms with Crippen LogP contribution in [0.2, 0.25) is 5.15 Å². The first-order valence-corrected chi connectivity index (χ1v) is 17.5. The lowest BCUT2D eigenvalue weighted by Crippen LogP contribution is -2.39. The quantitative estimate of drug-likeness (QED) is 0.221. The molecule has 1 fully saturated rings. The van der Waals surface area contributed by atoms with Crippen molar-refractivity contribution in [1.29, 1.82) is 0 Å².